The summed E-state index contributed by atoms with van der Waals surface area (Å²) in [6.07, 6.45) is 0.986. The minimum atomic E-state index is 0.478. The zero-order valence-corrected chi connectivity index (χ0v) is 10.7. The summed E-state index contributed by atoms with van der Waals surface area (Å²) in [5, 5.41) is 0. The van der Waals surface area contributed by atoms with E-state index in [0.717, 1.165) is 23.5 Å². The molecule has 0 amide bonds. The van der Waals surface area contributed by atoms with Crippen LogP contribution in [-0.4, -0.2) is 19.5 Å². The molecule has 0 bridgehead atoms. The van der Waals surface area contributed by atoms with Crippen LogP contribution in [0.4, 0.5) is 0 Å². The van der Waals surface area contributed by atoms with Crippen molar-refractivity contribution in [3.05, 3.63) is 35.9 Å². The molecule has 0 atom stereocenters. The second kappa shape index (κ2) is 6.48. The van der Waals surface area contributed by atoms with Crippen molar-refractivity contribution >= 4 is 12.6 Å². The zero-order valence-electron chi connectivity index (χ0n) is 9.82. The van der Waals surface area contributed by atoms with Crippen LogP contribution >= 0.6 is 12.6 Å². The van der Waals surface area contributed by atoms with E-state index in [9.17, 15) is 0 Å². The number of rotatable bonds is 6. The Morgan fingerprint density at radius 3 is 2.69 bits per heavy atom. The molecule has 0 aliphatic heterocycles. The van der Waals surface area contributed by atoms with E-state index in [4.69, 9.17) is 9.47 Å². The first-order valence-corrected chi connectivity index (χ1v) is 5.91. The minimum absolute atomic E-state index is 0.478. The second-order valence-corrected chi connectivity index (χ2v) is 3.85. The van der Waals surface area contributed by atoms with Gasteiger partial charge < -0.3 is 9.47 Å². The number of benzene rings is 1. The second-order valence-electron chi connectivity index (χ2n) is 3.54. The fourth-order valence-electron chi connectivity index (χ4n) is 1.28. The molecule has 0 saturated heterocycles. The lowest BCUT2D eigenvalue weighted by Gasteiger charge is -2.12. The van der Waals surface area contributed by atoms with E-state index in [1.165, 1.54) is 5.56 Å². The molecule has 0 radical (unpaired) electrons. The maximum atomic E-state index is 5.61. The van der Waals surface area contributed by atoms with E-state index in [2.05, 4.69) is 26.1 Å². The van der Waals surface area contributed by atoms with Gasteiger partial charge in [0, 0.05) is 5.75 Å². The highest BCUT2D eigenvalue weighted by Gasteiger charge is 2.05. The summed E-state index contributed by atoms with van der Waals surface area (Å²) in [4.78, 5) is 0. The summed E-state index contributed by atoms with van der Waals surface area (Å²) in [5.41, 5.74) is 2.18. The van der Waals surface area contributed by atoms with Crippen molar-refractivity contribution in [2.24, 2.45) is 0 Å². The van der Waals surface area contributed by atoms with Crippen LogP contribution in [0.15, 0.2) is 30.4 Å². The van der Waals surface area contributed by atoms with Gasteiger partial charge in [0.15, 0.2) is 11.5 Å². The molecule has 0 aliphatic rings. The third-order valence-electron chi connectivity index (χ3n) is 2.29. The molecule has 0 heterocycles. The maximum absolute atomic E-state index is 5.61. The Morgan fingerprint density at radius 2 is 2.12 bits per heavy atom. The van der Waals surface area contributed by atoms with Gasteiger partial charge in [-0.05, 0) is 29.7 Å². The van der Waals surface area contributed by atoms with Gasteiger partial charge in [-0.3, -0.25) is 0 Å². The summed E-state index contributed by atoms with van der Waals surface area (Å²) >= 11 is 4.13. The smallest absolute Gasteiger partial charge is 0.161 e. The lowest BCUT2D eigenvalue weighted by molar-refractivity contribution is 0.320. The fraction of sp³-hybridized carbons (Fsp3) is 0.385. The molecule has 2 nitrogen and oxygen atoms in total. The normalized spacial score (nSPS) is 9.94. The Labute approximate surface area is 103 Å². The topological polar surface area (TPSA) is 18.5 Å². The molecule has 0 spiro atoms. The van der Waals surface area contributed by atoms with Crippen molar-refractivity contribution in [2.75, 3.05) is 19.5 Å². The van der Waals surface area contributed by atoms with Gasteiger partial charge in [-0.25, -0.2) is 0 Å². The lowest BCUT2D eigenvalue weighted by Crippen LogP contribution is -2.02. The number of ether oxygens (including phenoxy) is 2. The van der Waals surface area contributed by atoms with E-state index in [1.807, 2.05) is 18.2 Å². The first-order valence-electron chi connectivity index (χ1n) is 5.28. The minimum Gasteiger partial charge on any atom is -0.493 e. The molecule has 0 saturated carbocycles. The van der Waals surface area contributed by atoms with Crippen LogP contribution in [0, 0.1) is 0 Å². The molecule has 16 heavy (non-hydrogen) atoms. The third kappa shape index (κ3) is 3.49. The Hall–Kier alpha value is -1.09. The van der Waals surface area contributed by atoms with Crippen LogP contribution < -0.4 is 9.47 Å². The largest absolute Gasteiger partial charge is 0.493 e. The van der Waals surface area contributed by atoms with E-state index in [1.54, 1.807) is 7.11 Å². The predicted octanol–water partition coefficient (Wildman–Crippen LogP) is 3.12. The Kier molecular flexibility index (Phi) is 5.26. The van der Waals surface area contributed by atoms with E-state index < -0.39 is 0 Å². The van der Waals surface area contributed by atoms with Crippen molar-refractivity contribution in [1.82, 2.24) is 0 Å². The van der Waals surface area contributed by atoms with Gasteiger partial charge in [0.25, 0.3) is 0 Å². The third-order valence-corrected chi connectivity index (χ3v) is 2.74. The molecular formula is C13H18O2S. The summed E-state index contributed by atoms with van der Waals surface area (Å²) in [6.45, 7) is 6.42. The molecule has 1 aromatic carbocycles. The van der Waals surface area contributed by atoms with Crippen molar-refractivity contribution in [2.45, 2.75) is 13.3 Å². The van der Waals surface area contributed by atoms with Gasteiger partial charge in [-0.1, -0.05) is 19.6 Å². The molecule has 1 rings (SSSR count). The van der Waals surface area contributed by atoms with Gasteiger partial charge in [0.2, 0.25) is 0 Å². The Bertz CT molecular complexity index is 361. The highest BCUT2D eigenvalue weighted by atomic mass is 32.1. The average molecular weight is 238 g/mol. The van der Waals surface area contributed by atoms with E-state index in [-0.39, 0.29) is 0 Å². The monoisotopic (exact) mass is 238 g/mol. The van der Waals surface area contributed by atoms with Crippen molar-refractivity contribution < 1.29 is 9.47 Å². The Morgan fingerprint density at radius 1 is 1.38 bits per heavy atom. The zero-order chi connectivity index (χ0) is 12.0. The number of thiol groups is 1. The summed E-state index contributed by atoms with van der Waals surface area (Å²) in [7, 11) is 1.65. The van der Waals surface area contributed by atoms with Gasteiger partial charge in [-0.15, -0.1) is 0 Å². The van der Waals surface area contributed by atoms with Gasteiger partial charge in [0.1, 0.15) is 6.61 Å². The van der Waals surface area contributed by atoms with Crippen LogP contribution in [-0.2, 0) is 6.42 Å². The molecule has 0 N–H and O–H groups in total. The summed E-state index contributed by atoms with van der Waals surface area (Å²) < 4.78 is 10.9. The first-order chi connectivity index (χ1) is 7.71. The van der Waals surface area contributed by atoms with Crippen LogP contribution in [0.3, 0.4) is 0 Å². The van der Waals surface area contributed by atoms with Crippen molar-refractivity contribution in [3.63, 3.8) is 0 Å². The molecule has 0 aromatic heterocycles. The molecule has 1 aromatic rings. The van der Waals surface area contributed by atoms with Crippen LogP contribution in [0.5, 0.6) is 11.5 Å². The van der Waals surface area contributed by atoms with Crippen LogP contribution in [0.2, 0.25) is 0 Å². The standard InChI is InChI=1S/C13H18O2S/c1-4-11-5-6-12(13(7-11)14-3)15-8-10(2)9-16/h5-7,16H,2,4,8-9H2,1,3H3. The lowest BCUT2D eigenvalue weighted by atomic mass is 10.1. The van der Waals surface area contributed by atoms with Crippen LogP contribution in [0.25, 0.3) is 0 Å². The van der Waals surface area contributed by atoms with Gasteiger partial charge in [-0.2, -0.15) is 12.6 Å². The predicted molar refractivity (Wildman–Crippen MR) is 70.9 cm³/mol. The highest BCUT2D eigenvalue weighted by molar-refractivity contribution is 7.80. The molecule has 0 unspecified atom stereocenters. The molecular weight excluding hydrogens is 220 g/mol. The van der Waals surface area contributed by atoms with Crippen molar-refractivity contribution in [1.29, 1.82) is 0 Å². The molecule has 3 heteroatoms. The number of aryl methyl sites for hydroxylation is 1. The maximum Gasteiger partial charge on any atom is 0.161 e. The number of hydrogen-bond acceptors (Lipinski definition) is 3. The Balaban J connectivity index is 2.75. The summed E-state index contributed by atoms with van der Waals surface area (Å²) in [6, 6.07) is 5.98. The van der Waals surface area contributed by atoms with Gasteiger partial charge >= 0.3 is 0 Å². The summed E-state index contributed by atoms with van der Waals surface area (Å²) in [5.74, 6) is 2.16. The quantitative estimate of drug-likeness (QED) is 0.606. The highest BCUT2D eigenvalue weighted by Crippen LogP contribution is 2.28. The van der Waals surface area contributed by atoms with Crippen molar-refractivity contribution in [3.8, 4) is 11.5 Å². The molecule has 0 fully saturated rings. The number of methoxy groups -OCH3 is 1. The van der Waals surface area contributed by atoms with Crippen LogP contribution in [0.1, 0.15) is 12.5 Å². The van der Waals surface area contributed by atoms with E-state index in [0.29, 0.717) is 12.4 Å². The van der Waals surface area contributed by atoms with E-state index >= 15 is 0 Å². The first kappa shape index (κ1) is 13.0. The number of hydrogen-bond donors (Lipinski definition) is 1. The molecule has 0 aliphatic carbocycles. The SMILES string of the molecule is C=C(CS)COc1ccc(CC)cc1OC. The average Bonchev–Trinajstić information content (AvgIpc) is 2.35. The molecule has 88 valence electrons. The van der Waals surface area contributed by atoms with Gasteiger partial charge in [0.05, 0.1) is 7.11 Å². The fourth-order valence-corrected chi connectivity index (χ4v) is 1.37.